The summed E-state index contributed by atoms with van der Waals surface area (Å²) in [6, 6.07) is 9.31. The molecule has 1 aliphatic rings. The molecule has 2 heterocycles. The van der Waals surface area contributed by atoms with Gasteiger partial charge in [0, 0.05) is 43.5 Å². The highest BCUT2D eigenvalue weighted by atomic mass is 16.5. The fraction of sp³-hybridized carbons (Fsp3) is 0.353. The van der Waals surface area contributed by atoms with E-state index in [2.05, 4.69) is 20.9 Å². The van der Waals surface area contributed by atoms with E-state index in [4.69, 9.17) is 10.00 Å². The Labute approximate surface area is 130 Å². The Kier molecular flexibility index (Phi) is 4.31. The Morgan fingerprint density at radius 3 is 2.91 bits per heavy atom. The van der Waals surface area contributed by atoms with Gasteiger partial charge in [0.2, 0.25) is 0 Å². The Bertz CT molecular complexity index is 691. The van der Waals surface area contributed by atoms with Crippen molar-refractivity contribution in [1.29, 1.82) is 5.26 Å². The maximum atomic E-state index is 8.76. The highest BCUT2D eigenvalue weighted by molar-refractivity contribution is 5.34. The van der Waals surface area contributed by atoms with Crippen molar-refractivity contribution in [3.8, 4) is 11.8 Å². The number of aromatic nitrogens is 2. The van der Waals surface area contributed by atoms with E-state index in [1.165, 1.54) is 11.3 Å². The van der Waals surface area contributed by atoms with E-state index < -0.39 is 0 Å². The Hall–Kier alpha value is -2.45. The maximum absolute atomic E-state index is 8.76. The number of hydrogen-bond acceptors (Lipinski definition) is 5. The van der Waals surface area contributed by atoms with Gasteiger partial charge in [-0.15, -0.1) is 0 Å². The molecule has 1 aliphatic heterocycles. The molecule has 0 N–H and O–H groups in total. The normalized spacial score (nSPS) is 14.2. The lowest BCUT2D eigenvalue weighted by Gasteiger charge is -2.27. The summed E-state index contributed by atoms with van der Waals surface area (Å²) < 4.78 is 5.73. The zero-order valence-electron chi connectivity index (χ0n) is 12.6. The third kappa shape index (κ3) is 3.41. The molecule has 0 spiro atoms. The molecule has 0 bridgehead atoms. The second-order valence-electron chi connectivity index (χ2n) is 5.40. The van der Waals surface area contributed by atoms with E-state index in [0.29, 0.717) is 12.2 Å². The van der Waals surface area contributed by atoms with Crippen molar-refractivity contribution in [1.82, 2.24) is 14.9 Å². The topological polar surface area (TPSA) is 62.0 Å². The lowest BCUT2D eigenvalue weighted by Crippen LogP contribution is -2.34. The number of hydrogen-bond donors (Lipinski definition) is 0. The molecule has 0 unspecified atom stereocenters. The van der Waals surface area contributed by atoms with Crippen molar-refractivity contribution in [3.63, 3.8) is 0 Å². The molecule has 2 aromatic rings. The summed E-state index contributed by atoms with van der Waals surface area (Å²) >= 11 is 0. The van der Waals surface area contributed by atoms with E-state index in [0.717, 1.165) is 37.6 Å². The molecule has 0 aliphatic carbocycles. The minimum absolute atomic E-state index is 0.633. The Morgan fingerprint density at radius 1 is 1.32 bits per heavy atom. The zero-order chi connectivity index (χ0) is 15.4. The Morgan fingerprint density at radius 2 is 2.14 bits per heavy atom. The number of nitriles is 1. The van der Waals surface area contributed by atoms with Crippen LogP contribution >= 0.6 is 0 Å². The van der Waals surface area contributed by atoms with Crippen LogP contribution in [0.3, 0.4) is 0 Å². The molecule has 0 radical (unpaired) electrons. The first kappa shape index (κ1) is 14.5. The number of benzene rings is 1. The average Bonchev–Trinajstić information content (AvgIpc) is 2.55. The molecule has 0 saturated heterocycles. The summed E-state index contributed by atoms with van der Waals surface area (Å²) in [6.07, 6.45) is 2.90. The number of rotatable bonds is 4. The van der Waals surface area contributed by atoms with Crippen molar-refractivity contribution >= 4 is 0 Å². The van der Waals surface area contributed by atoms with Crippen LogP contribution in [0.25, 0.3) is 0 Å². The van der Waals surface area contributed by atoms with Crippen LogP contribution in [0.2, 0.25) is 0 Å². The van der Waals surface area contributed by atoms with Gasteiger partial charge in [0.1, 0.15) is 18.2 Å². The van der Waals surface area contributed by atoms with Gasteiger partial charge in [-0.25, -0.2) is 9.97 Å². The number of ether oxygens (including phenoxy) is 1. The van der Waals surface area contributed by atoms with E-state index in [1.807, 2.05) is 25.3 Å². The second kappa shape index (κ2) is 6.54. The van der Waals surface area contributed by atoms with Gasteiger partial charge in [-0.1, -0.05) is 0 Å². The third-order valence-electron chi connectivity index (χ3n) is 3.79. The van der Waals surface area contributed by atoms with Gasteiger partial charge in [0.25, 0.3) is 0 Å². The van der Waals surface area contributed by atoms with Crippen LogP contribution in [0.5, 0.6) is 5.75 Å². The standard InChI is InChI=1S/C17H18N4O/c1-13-19-11-15-12-21(7-6-17(15)20-13)8-9-22-16-4-2-14(10-18)3-5-16/h2-5,11H,6-9,12H2,1H3. The Balaban J connectivity index is 1.50. The van der Waals surface area contributed by atoms with Crippen molar-refractivity contribution < 1.29 is 4.74 Å². The molecule has 0 amide bonds. The quantitative estimate of drug-likeness (QED) is 0.864. The van der Waals surface area contributed by atoms with Crippen LogP contribution < -0.4 is 4.74 Å². The molecule has 0 fully saturated rings. The van der Waals surface area contributed by atoms with Crippen molar-refractivity contribution in [2.24, 2.45) is 0 Å². The van der Waals surface area contributed by atoms with Gasteiger partial charge < -0.3 is 4.74 Å². The molecule has 112 valence electrons. The lowest BCUT2D eigenvalue weighted by atomic mass is 10.1. The van der Waals surface area contributed by atoms with Crippen LogP contribution in [0.4, 0.5) is 0 Å². The molecule has 0 saturated carbocycles. The predicted molar refractivity (Wildman–Crippen MR) is 82.4 cm³/mol. The number of nitrogens with zero attached hydrogens (tertiary/aromatic N) is 4. The molecule has 5 nitrogen and oxygen atoms in total. The summed E-state index contributed by atoms with van der Waals surface area (Å²) in [5, 5.41) is 8.76. The second-order valence-corrected chi connectivity index (χ2v) is 5.40. The van der Waals surface area contributed by atoms with Gasteiger partial charge in [-0.05, 0) is 31.2 Å². The van der Waals surface area contributed by atoms with Crippen molar-refractivity contribution in [2.75, 3.05) is 19.7 Å². The predicted octanol–water partition coefficient (Wildman–Crippen LogP) is 2.09. The highest BCUT2D eigenvalue weighted by Crippen LogP contribution is 2.16. The van der Waals surface area contributed by atoms with Gasteiger partial charge in [0.15, 0.2) is 0 Å². The van der Waals surface area contributed by atoms with Crippen molar-refractivity contribution in [2.45, 2.75) is 19.9 Å². The molecule has 5 heteroatoms. The molecule has 1 aromatic carbocycles. The average molecular weight is 294 g/mol. The summed E-state index contributed by atoms with van der Waals surface area (Å²) in [4.78, 5) is 11.1. The summed E-state index contributed by atoms with van der Waals surface area (Å²) in [6.45, 7) is 5.31. The first-order chi connectivity index (χ1) is 10.7. The number of aryl methyl sites for hydroxylation is 1. The lowest BCUT2D eigenvalue weighted by molar-refractivity contribution is 0.195. The maximum Gasteiger partial charge on any atom is 0.125 e. The fourth-order valence-corrected chi connectivity index (χ4v) is 2.58. The smallest absolute Gasteiger partial charge is 0.125 e. The molecule has 3 rings (SSSR count). The molecular weight excluding hydrogens is 276 g/mol. The zero-order valence-corrected chi connectivity index (χ0v) is 12.6. The minimum Gasteiger partial charge on any atom is -0.492 e. The monoisotopic (exact) mass is 294 g/mol. The van der Waals surface area contributed by atoms with E-state index in [1.54, 1.807) is 12.1 Å². The highest BCUT2D eigenvalue weighted by Gasteiger charge is 2.17. The van der Waals surface area contributed by atoms with Crippen LogP contribution in [0.1, 0.15) is 22.6 Å². The summed E-state index contributed by atoms with van der Waals surface area (Å²) in [7, 11) is 0. The van der Waals surface area contributed by atoms with Crippen molar-refractivity contribution in [3.05, 3.63) is 53.1 Å². The van der Waals surface area contributed by atoms with E-state index >= 15 is 0 Å². The summed E-state index contributed by atoms with van der Waals surface area (Å²) in [5.74, 6) is 1.65. The van der Waals surface area contributed by atoms with Crippen LogP contribution in [-0.2, 0) is 13.0 Å². The minimum atomic E-state index is 0.633. The van der Waals surface area contributed by atoms with Gasteiger partial charge in [-0.3, -0.25) is 4.90 Å². The van der Waals surface area contributed by atoms with Crippen LogP contribution in [-0.4, -0.2) is 34.6 Å². The molecule has 0 atom stereocenters. The van der Waals surface area contributed by atoms with Gasteiger partial charge in [-0.2, -0.15) is 5.26 Å². The van der Waals surface area contributed by atoms with E-state index in [9.17, 15) is 0 Å². The largest absolute Gasteiger partial charge is 0.492 e. The molecule has 1 aromatic heterocycles. The first-order valence-electron chi connectivity index (χ1n) is 7.41. The first-order valence-corrected chi connectivity index (χ1v) is 7.41. The van der Waals surface area contributed by atoms with Gasteiger partial charge in [0.05, 0.1) is 11.6 Å². The SMILES string of the molecule is Cc1ncc2c(n1)CCN(CCOc1ccc(C#N)cc1)C2. The van der Waals surface area contributed by atoms with Gasteiger partial charge >= 0.3 is 0 Å². The number of fused-ring (bicyclic) bond motifs is 1. The fourth-order valence-electron chi connectivity index (χ4n) is 2.58. The van der Waals surface area contributed by atoms with Crippen LogP contribution in [0, 0.1) is 18.3 Å². The molecular formula is C17H18N4O. The summed E-state index contributed by atoms with van der Waals surface area (Å²) in [5.41, 5.74) is 3.04. The van der Waals surface area contributed by atoms with Crippen LogP contribution in [0.15, 0.2) is 30.5 Å². The third-order valence-corrected chi connectivity index (χ3v) is 3.79. The molecule has 22 heavy (non-hydrogen) atoms. The van der Waals surface area contributed by atoms with E-state index in [-0.39, 0.29) is 0 Å².